The molecule has 1 aliphatic rings. The SMILES string of the molecule is [2H]n1cc2c(N3CCNCC3)ncnc2n1. The number of hydrogen-bond donors (Lipinski definition) is 2. The Labute approximate surface area is 88.2 Å². The molecule has 6 nitrogen and oxygen atoms in total. The van der Waals surface area contributed by atoms with Gasteiger partial charge in [-0.05, 0) is 0 Å². The number of nitrogens with zero attached hydrogens (tertiary/aromatic N) is 4. The Morgan fingerprint density at radius 2 is 2.20 bits per heavy atom. The third kappa shape index (κ3) is 1.42. The van der Waals surface area contributed by atoms with Gasteiger partial charge in [0.25, 0.3) is 0 Å². The second kappa shape index (κ2) is 3.47. The van der Waals surface area contributed by atoms with Gasteiger partial charge < -0.3 is 10.2 Å². The monoisotopic (exact) mass is 205 g/mol. The summed E-state index contributed by atoms with van der Waals surface area (Å²) in [4.78, 5) is 10.5. The van der Waals surface area contributed by atoms with Gasteiger partial charge >= 0.3 is 0 Å². The summed E-state index contributed by atoms with van der Waals surface area (Å²) in [7, 11) is 0. The summed E-state index contributed by atoms with van der Waals surface area (Å²) >= 11 is 0. The van der Waals surface area contributed by atoms with Crippen molar-refractivity contribution in [3.63, 3.8) is 0 Å². The molecule has 0 unspecified atom stereocenters. The van der Waals surface area contributed by atoms with Crippen LogP contribution in [0.1, 0.15) is 0 Å². The molecule has 0 spiro atoms. The fraction of sp³-hybridized carbons (Fsp3) is 0.444. The van der Waals surface area contributed by atoms with Gasteiger partial charge in [0.15, 0.2) is 7.06 Å². The predicted octanol–water partition coefficient (Wildman–Crippen LogP) is -0.238. The molecule has 3 rings (SSSR count). The lowest BCUT2D eigenvalue weighted by Crippen LogP contribution is -2.43. The van der Waals surface area contributed by atoms with Gasteiger partial charge in [-0.25, -0.2) is 9.97 Å². The minimum atomic E-state index is 0.582. The second-order valence-corrected chi connectivity index (χ2v) is 3.52. The van der Waals surface area contributed by atoms with Gasteiger partial charge in [-0.2, -0.15) is 5.10 Å². The first kappa shape index (κ1) is 7.58. The zero-order valence-corrected chi connectivity index (χ0v) is 8.22. The van der Waals surface area contributed by atoms with E-state index in [4.69, 9.17) is 1.41 Å². The van der Waals surface area contributed by atoms with Crippen molar-refractivity contribution >= 4 is 16.9 Å². The summed E-state index contributed by atoms with van der Waals surface area (Å²) in [5.41, 5.74) is 0.582. The third-order valence-corrected chi connectivity index (χ3v) is 2.60. The quantitative estimate of drug-likeness (QED) is 0.672. The van der Waals surface area contributed by atoms with Crippen LogP contribution in [0.15, 0.2) is 12.5 Å². The molecule has 0 radical (unpaired) electrons. The van der Waals surface area contributed by atoms with Crippen molar-refractivity contribution in [2.24, 2.45) is 0 Å². The molecule has 0 saturated carbocycles. The lowest BCUT2D eigenvalue weighted by molar-refractivity contribution is 0.586. The van der Waals surface area contributed by atoms with Crippen molar-refractivity contribution in [2.45, 2.75) is 0 Å². The van der Waals surface area contributed by atoms with E-state index in [-0.39, 0.29) is 0 Å². The molecule has 78 valence electrons. The second-order valence-electron chi connectivity index (χ2n) is 3.52. The van der Waals surface area contributed by atoms with Gasteiger partial charge in [0.1, 0.15) is 12.1 Å². The molecule has 1 saturated heterocycles. The van der Waals surface area contributed by atoms with Crippen LogP contribution >= 0.6 is 0 Å². The molecule has 2 aromatic heterocycles. The van der Waals surface area contributed by atoms with Crippen molar-refractivity contribution < 1.29 is 1.41 Å². The molecule has 0 bridgehead atoms. The standard InChI is InChI=1S/C9H12N6/c1-3-15(4-2-10-1)9-7-5-13-14-8(7)11-6-12-9/h5-6,10H,1-4H2,(H,11,12,13,14)/i/hD. The fourth-order valence-corrected chi connectivity index (χ4v) is 1.84. The van der Waals surface area contributed by atoms with E-state index in [1.165, 1.54) is 6.33 Å². The first-order valence-electron chi connectivity index (χ1n) is 5.44. The number of H-pyrrole nitrogens is 1. The highest BCUT2D eigenvalue weighted by Gasteiger charge is 2.15. The van der Waals surface area contributed by atoms with Crippen LogP contribution < -0.4 is 10.2 Å². The highest BCUT2D eigenvalue weighted by atomic mass is 15.2. The molecule has 0 aliphatic carbocycles. The number of nitrogens with one attached hydrogen (secondary N) is 2. The average Bonchev–Trinajstić information content (AvgIpc) is 2.70. The van der Waals surface area contributed by atoms with Crippen LogP contribution in [-0.4, -0.2) is 46.3 Å². The zero-order valence-electron chi connectivity index (χ0n) is 9.22. The molecule has 0 amide bonds. The number of anilines is 1. The molecule has 2 N–H and O–H groups in total. The van der Waals surface area contributed by atoms with Crippen molar-refractivity contribution in [2.75, 3.05) is 31.1 Å². The van der Waals surface area contributed by atoms with E-state index in [9.17, 15) is 0 Å². The highest BCUT2D eigenvalue weighted by molar-refractivity contribution is 5.86. The normalized spacial score (nSPS) is 18.1. The summed E-state index contributed by atoms with van der Waals surface area (Å²) < 4.78 is 7.44. The molecule has 3 heterocycles. The van der Waals surface area contributed by atoms with Gasteiger partial charge in [0, 0.05) is 32.4 Å². The van der Waals surface area contributed by atoms with E-state index in [1.807, 2.05) is 0 Å². The summed E-state index contributed by atoms with van der Waals surface area (Å²) in [5, 5.41) is 9.13. The Bertz CT molecular complexity index is 504. The summed E-state index contributed by atoms with van der Waals surface area (Å²) in [6.07, 6.45) is 3.15. The van der Waals surface area contributed by atoms with Crippen LogP contribution in [0.3, 0.4) is 0 Å². The lowest BCUT2D eigenvalue weighted by atomic mass is 10.3. The van der Waals surface area contributed by atoms with Crippen LogP contribution in [-0.2, 0) is 0 Å². The van der Waals surface area contributed by atoms with Crippen LogP contribution in [0.25, 0.3) is 11.0 Å². The minimum absolute atomic E-state index is 0.582. The van der Waals surface area contributed by atoms with Crippen molar-refractivity contribution in [1.82, 2.24) is 25.5 Å². The Hall–Kier alpha value is -1.69. The third-order valence-electron chi connectivity index (χ3n) is 2.60. The Morgan fingerprint density at radius 3 is 3.07 bits per heavy atom. The maximum Gasteiger partial charge on any atom is 0.189 e. The Balaban J connectivity index is 2.07. The van der Waals surface area contributed by atoms with Crippen LogP contribution in [0, 0.1) is 0 Å². The molecule has 6 heteroatoms. The van der Waals surface area contributed by atoms with Crippen LogP contribution in [0.4, 0.5) is 5.82 Å². The predicted molar refractivity (Wildman–Crippen MR) is 56.8 cm³/mol. The molecule has 0 aromatic carbocycles. The molecule has 0 atom stereocenters. The van der Waals surface area contributed by atoms with Crippen LogP contribution in [0.5, 0.6) is 0 Å². The molecular weight excluding hydrogens is 192 g/mol. The largest absolute Gasteiger partial charge is 0.353 e. The summed E-state index contributed by atoms with van der Waals surface area (Å²) in [5.74, 6) is 0.880. The highest BCUT2D eigenvalue weighted by Crippen LogP contribution is 2.20. The number of rotatable bonds is 1. The molecule has 1 aliphatic heterocycles. The van der Waals surface area contributed by atoms with Crippen molar-refractivity contribution in [1.29, 1.82) is 0 Å². The smallest absolute Gasteiger partial charge is 0.189 e. The van der Waals surface area contributed by atoms with Gasteiger partial charge in [-0.1, -0.05) is 0 Å². The fourth-order valence-electron chi connectivity index (χ4n) is 1.84. The lowest BCUT2D eigenvalue weighted by Gasteiger charge is -2.28. The number of fused-ring (bicyclic) bond motifs is 1. The molecule has 1 fully saturated rings. The molecular formula is C9H12N6. The summed E-state index contributed by atoms with van der Waals surface area (Å²) in [6.45, 7) is 3.77. The maximum atomic E-state index is 7.44. The Kier molecular flexibility index (Phi) is 1.75. The van der Waals surface area contributed by atoms with Crippen LogP contribution in [0.2, 0.25) is 1.41 Å². The van der Waals surface area contributed by atoms with Crippen molar-refractivity contribution in [3.05, 3.63) is 12.5 Å². The first-order valence-corrected chi connectivity index (χ1v) is 5.00. The topological polar surface area (TPSA) is 69.7 Å². The van der Waals surface area contributed by atoms with Gasteiger partial charge in [-0.3, -0.25) is 5.09 Å². The molecule has 2 aromatic rings. The van der Waals surface area contributed by atoms with E-state index < -0.39 is 0 Å². The number of piperazine rings is 1. The van der Waals surface area contributed by atoms with E-state index in [1.54, 1.807) is 6.20 Å². The van der Waals surface area contributed by atoms with E-state index in [0.29, 0.717) is 5.65 Å². The first-order chi connectivity index (χ1) is 7.84. The number of hydrogen-bond acceptors (Lipinski definition) is 5. The summed E-state index contributed by atoms with van der Waals surface area (Å²) in [6, 6.07) is 0. The van der Waals surface area contributed by atoms with Gasteiger partial charge in [0.05, 0.1) is 5.39 Å². The average molecular weight is 205 g/mol. The van der Waals surface area contributed by atoms with E-state index >= 15 is 0 Å². The van der Waals surface area contributed by atoms with Gasteiger partial charge in [-0.15, -0.1) is 0 Å². The molecule has 15 heavy (non-hydrogen) atoms. The maximum absolute atomic E-state index is 7.44. The number of aromatic amines is 1. The van der Waals surface area contributed by atoms with E-state index in [0.717, 1.165) is 42.5 Å². The Morgan fingerprint density at radius 1 is 1.33 bits per heavy atom. The van der Waals surface area contributed by atoms with Crippen molar-refractivity contribution in [3.8, 4) is 0 Å². The van der Waals surface area contributed by atoms with Gasteiger partial charge in [0.2, 0.25) is 0 Å². The minimum Gasteiger partial charge on any atom is -0.353 e. The number of aromatic nitrogens is 4. The zero-order chi connectivity index (χ0) is 11.0. The van der Waals surface area contributed by atoms with E-state index in [2.05, 4.69) is 25.3 Å².